The Morgan fingerprint density at radius 1 is 1.06 bits per heavy atom. The lowest BCUT2D eigenvalue weighted by Gasteiger charge is -2.20. The second kappa shape index (κ2) is 11.8. The van der Waals surface area contributed by atoms with Crippen LogP contribution in [0.25, 0.3) is 0 Å². The van der Waals surface area contributed by atoms with Crippen molar-refractivity contribution in [3.05, 3.63) is 82.3 Å². The number of hydrogen-bond acceptors (Lipinski definition) is 8. The highest BCUT2D eigenvalue weighted by Crippen LogP contribution is 2.33. The number of amidine groups is 1. The predicted octanol–water partition coefficient (Wildman–Crippen LogP) is 3.80. The predicted molar refractivity (Wildman–Crippen MR) is 143 cm³/mol. The molecular weight excluding hydrogens is 525 g/mol. The van der Waals surface area contributed by atoms with Crippen LogP contribution in [0.5, 0.6) is 17.2 Å². The first-order chi connectivity index (χ1) is 17.4. The molecule has 13 heteroatoms. The van der Waals surface area contributed by atoms with Crippen molar-refractivity contribution in [3.63, 3.8) is 0 Å². The number of anilines is 1. The summed E-state index contributed by atoms with van der Waals surface area (Å²) < 4.78 is 11.1. The molecule has 0 aliphatic carbocycles. The minimum Gasteiger partial charge on any atom is -0.497 e. The molecule has 0 radical (unpaired) electrons. The summed E-state index contributed by atoms with van der Waals surface area (Å²) in [5.74, 6) is 1.70. The number of nitrogens with zero attached hydrogens (tertiary/aromatic N) is 2. The van der Waals surface area contributed by atoms with Crippen LogP contribution in [0.15, 0.2) is 71.8 Å². The third-order valence-electron chi connectivity index (χ3n) is 4.81. The van der Waals surface area contributed by atoms with E-state index in [0.717, 1.165) is 11.4 Å². The number of benzene rings is 3. The van der Waals surface area contributed by atoms with E-state index in [-0.39, 0.29) is 17.6 Å². The summed E-state index contributed by atoms with van der Waals surface area (Å²) in [7, 11) is 1.59. The smallest absolute Gasteiger partial charge is 0.259 e. The van der Waals surface area contributed by atoms with Gasteiger partial charge in [0.15, 0.2) is 10.9 Å². The molecule has 0 aromatic heterocycles. The molecule has 0 atom stereocenters. The van der Waals surface area contributed by atoms with Crippen LogP contribution in [0.4, 0.5) is 5.69 Å². The highest BCUT2D eigenvalue weighted by Gasteiger charge is 2.24. The fourth-order valence-electron chi connectivity index (χ4n) is 3.13. The number of hydrogen-bond donors (Lipinski definition) is 5. The molecule has 1 aliphatic heterocycles. The molecule has 0 unspecified atom stereocenters. The van der Waals surface area contributed by atoms with Crippen molar-refractivity contribution in [2.24, 2.45) is 5.10 Å². The average Bonchev–Trinajstić information content (AvgIpc) is 3.33. The average molecular weight is 546 g/mol. The van der Waals surface area contributed by atoms with Gasteiger partial charge in [0, 0.05) is 10.7 Å². The molecule has 0 bridgehead atoms. The number of nitrogens with one attached hydrogen (secondary N) is 5. The lowest BCUT2D eigenvalue weighted by molar-refractivity contribution is -0.122. The van der Waals surface area contributed by atoms with E-state index in [1.54, 1.807) is 55.6 Å². The van der Waals surface area contributed by atoms with Crippen molar-refractivity contribution >= 4 is 58.0 Å². The van der Waals surface area contributed by atoms with E-state index < -0.39 is 0 Å². The van der Waals surface area contributed by atoms with Crippen molar-refractivity contribution in [2.45, 2.75) is 0 Å². The van der Waals surface area contributed by atoms with Crippen molar-refractivity contribution in [1.82, 2.24) is 26.9 Å². The summed E-state index contributed by atoms with van der Waals surface area (Å²) in [5.41, 5.74) is 12.1. The van der Waals surface area contributed by atoms with Gasteiger partial charge in [0.2, 0.25) is 0 Å². The molecule has 3 aromatic rings. The van der Waals surface area contributed by atoms with E-state index in [1.165, 1.54) is 5.01 Å². The lowest BCUT2D eigenvalue weighted by atomic mass is 10.1. The molecule has 0 saturated carbocycles. The standard InChI is InChI=1S/C23H21Cl2N7O3S/c1-34-16-9-7-15(8-10-16)26-23(36)29-27-21(33)13-32-22(28-30-31-32)17-4-2-3-5-19(17)35-20-11-6-14(24)12-18(20)25/h2-12,30-31H,13H2,1H3,(H,27,33)(H2,26,29,36). The molecule has 4 rings (SSSR count). The van der Waals surface area contributed by atoms with E-state index in [9.17, 15) is 4.79 Å². The Bertz CT molecular complexity index is 1290. The number of methoxy groups -OCH3 is 1. The Labute approximate surface area is 222 Å². The Morgan fingerprint density at radius 3 is 2.58 bits per heavy atom. The van der Waals surface area contributed by atoms with Crippen LogP contribution in [-0.4, -0.2) is 35.5 Å². The Morgan fingerprint density at radius 2 is 1.83 bits per heavy atom. The minimum atomic E-state index is -0.378. The molecule has 1 heterocycles. The summed E-state index contributed by atoms with van der Waals surface area (Å²) in [6.07, 6.45) is 0. The van der Waals surface area contributed by atoms with Gasteiger partial charge in [-0.25, -0.2) is 5.53 Å². The zero-order valence-corrected chi connectivity index (χ0v) is 21.2. The normalized spacial score (nSPS) is 12.3. The fraction of sp³-hybridized carbons (Fsp3) is 0.0870. The number of hydrazine groups is 3. The van der Waals surface area contributed by atoms with E-state index >= 15 is 0 Å². The van der Waals surface area contributed by atoms with Gasteiger partial charge in [-0.1, -0.05) is 35.3 Å². The molecular formula is C23H21Cl2N7O3S. The molecule has 5 N–H and O–H groups in total. The molecule has 186 valence electrons. The van der Waals surface area contributed by atoms with Gasteiger partial charge in [-0.3, -0.25) is 20.7 Å². The van der Waals surface area contributed by atoms with Crippen LogP contribution in [0.3, 0.4) is 0 Å². The van der Waals surface area contributed by atoms with Gasteiger partial charge in [0.25, 0.3) is 5.91 Å². The van der Waals surface area contributed by atoms with Gasteiger partial charge in [0.05, 0.1) is 17.7 Å². The van der Waals surface area contributed by atoms with Crippen molar-refractivity contribution in [2.75, 3.05) is 19.0 Å². The lowest BCUT2D eigenvalue weighted by Crippen LogP contribution is -2.51. The second-order valence-corrected chi connectivity index (χ2v) is 8.53. The first kappa shape index (κ1) is 25.3. The third-order valence-corrected chi connectivity index (χ3v) is 5.54. The van der Waals surface area contributed by atoms with Crippen LogP contribution in [0.2, 0.25) is 10.0 Å². The Kier molecular flexibility index (Phi) is 8.28. The SMILES string of the molecule is COc1ccc(NC(=S)NNC(=O)CN2NNN=C2c2ccccc2Oc2ccc(Cl)cc2Cl)cc1. The van der Waals surface area contributed by atoms with E-state index in [4.69, 9.17) is 44.9 Å². The van der Waals surface area contributed by atoms with E-state index in [2.05, 4.69) is 32.3 Å². The molecule has 0 saturated heterocycles. The number of halogens is 2. The van der Waals surface area contributed by atoms with E-state index in [0.29, 0.717) is 32.9 Å². The zero-order valence-electron chi connectivity index (χ0n) is 18.8. The first-order valence-electron chi connectivity index (χ1n) is 10.5. The van der Waals surface area contributed by atoms with Crippen LogP contribution in [0, 0.1) is 0 Å². The molecule has 0 spiro atoms. The molecule has 36 heavy (non-hydrogen) atoms. The molecule has 1 aliphatic rings. The number of thiocarbonyl (C=S) groups is 1. The number of hydrazone groups is 1. The van der Waals surface area contributed by atoms with Crippen LogP contribution in [0.1, 0.15) is 5.56 Å². The van der Waals surface area contributed by atoms with Crippen LogP contribution >= 0.6 is 35.4 Å². The van der Waals surface area contributed by atoms with Crippen LogP contribution < -0.4 is 36.7 Å². The third kappa shape index (κ3) is 6.46. The molecule has 1 amide bonds. The van der Waals surface area contributed by atoms with Crippen molar-refractivity contribution in [1.29, 1.82) is 0 Å². The van der Waals surface area contributed by atoms with E-state index in [1.807, 2.05) is 18.2 Å². The Balaban J connectivity index is 1.36. The topological polar surface area (TPSA) is 111 Å². The number of carbonyl (C=O) groups excluding carboxylic acids is 1. The van der Waals surface area contributed by atoms with Crippen molar-refractivity contribution in [3.8, 4) is 17.2 Å². The highest BCUT2D eigenvalue weighted by atomic mass is 35.5. The first-order valence-corrected chi connectivity index (χ1v) is 11.7. The fourth-order valence-corrected chi connectivity index (χ4v) is 3.75. The zero-order chi connectivity index (χ0) is 25.5. The number of para-hydroxylation sites is 1. The minimum absolute atomic E-state index is 0.0972. The largest absolute Gasteiger partial charge is 0.497 e. The number of rotatable bonds is 7. The van der Waals surface area contributed by atoms with Gasteiger partial charge in [-0.2, -0.15) is 0 Å². The number of amides is 1. The maximum Gasteiger partial charge on any atom is 0.259 e. The van der Waals surface area contributed by atoms with Gasteiger partial charge in [-0.15, -0.1) is 10.6 Å². The van der Waals surface area contributed by atoms with Gasteiger partial charge < -0.3 is 14.8 Å². The van der Waals surface area contributed by atoms with Gasteiger partial charge in [0.1, 0.15) is 23.8 Å². The summed E-state index contributed by atoms with van der Waals surface area (Å²) in [4.78, 5) is 12.6. The quantitative estimate of drug-likeness (QED) is 0.223. The monoisotopic (exact) mass is 545 g/mol. The molecule has 10 nitrogen and oxygen atoms in total. The Hall–Kier alpha value is -3.77. The molecule has 3 aromatic carbocycles. The second-order valence-electron chi connectivity index (χ2n) is 7.27. The van der Waals surface area contributed by atoms with Crippen LogP contribution in [-0.2, 0) is 4.79 Å². The summed E-state index contributed by atoms with van der Waals surface area (Å²) in [6, 6.07) is 19.3. The van der Waals surface area contributed by atoms with Gasteiger partial charge in [-0.05, 0) is 66.8 Å². The summed E-state index contributed by atoms with van der Waals surface area (Å²) >= 11 is 17.5. The summed E-state index contributed by atoms with van der Waals surface area (Å²) in [5, 5.41) is 9.80. The highest BCUT2D eigenvalue weighted by molar-refractivity contribution is 7.80. The van der Waals surface area contributed by atoms with Gasteiger partial charge >= 0.3 is 0 Å². The molecule has 0 fully saturated rings. The number of carbonyl (C=O) groups is 1. The van der Waals surface area contributed by atoms with Crippen molar-refractivity contribution < 1.29 is 14.3 Å². The maximum atomic E-state index is 12.6. The summed E-state index contributed by atoms with van der Waals surface area (Å²) in [6.45, 7) is -0.0972. The number of ether oxygens (including phenoxy) is 2. The maximum absolute atomic E-state index is 12.6.